The third kappa shape index (κ3) is 3.69. The Labute approximate surface area is 118 Å². The molecule has 0 amide bonds. The number of nitrogens with zero attached hydrogens (tertiary/aromatic N) is 1. The van der Waals surface area contributed by atoms with Gasteiger partial charge in [-0.2, -0.15) is 4.31 Å². The van der Waals surface area contributed by atoms with Gasteiger partial charge in [0.05, 0.1) is 25.2 Å². The van der Waals surface area contributed by atoms with E-state index in [2.05, 4.69) is 0 Å². The van der Waals surface area contributed by atoms with Gasteiger partial charge in [-0.25, -0.2) is 8.42 Å². The first-order chi connectivity index (χ1) is 9.51. The minimum atomic E-state index is -3.40. The molecule has 1 aromatic carbocycles. The maximum absolute atomic E-state index is 12.2. The minimum absolute atomic E-state index is 0.0502. The molecule has 2 rings (SSSR count). The molecule has 1 aromatic heterocycles. The molecule has 0 spiro atoms. The van der Waals surface area contributed by atoms with Gasteiger partial charge in [-0.15, -0.1) is 0 Å². The zero-order valence-corrected chi connectivity index (χ0v) is 12.0. The summed E-state index contributed by atoms with van der Waals surface area (Å²) in [6, 6.07) is 10.3. The fourth-order valence-electron chi connectivity index (χ4n) is 1.78. The lowest BCUT2D eigenvalue weighted by Crippen LogP contribution is -2.27. The Kier molecular flexibility index (Phi) is 4.59. The topological polar surface area (TPSA) is 70.8 Å². The van der Waals surface area contributed by atoms with Crippen LogP contribution in [0.2, 0.25) is 0 Å². The fraction of sp³-hybridized carbons (Fsp3) is 0.286. The summed E-state index contributed by atoms with van der Waals surface area (Å²) in [5, 5.41) is 8.96. The van der Waals surface area contributed by atoms with Gasteiger partial charge >= 0.3 is 0 Å². The van der Waals surface area contributed by atoms with E-state index in [1.165, 1.54) is 17.6 Å². The van der Waals surface area contributed by atoms with Crippen molar-refractivity contribution in [2.75, 3.05) is 7.05 Å². The number of hydrogen-bond donors (Lipinski definition) is 1. The van der Waals surface area contributed by atoms with E-state index in [4.69, 9.17) is 9.52 Å². The van der Waals surface area contributed by atoms with Crippen molar-refractivity contribution in [3.63, 3.8) is 0 Å². The maximum Gasteiger partial charge on any atom is 0.218 e. The van der Waals surface area contributed by atoms with Crippen LogP contribution in [0.5, 0.6) is 0 Å². The Morgan fingerprint density at radius 3 is 2.35 bits per heavy atom. The number of rotatable bonds is 6. The van der Waals surface area contributed by atoms with Crippen molar-refractivity contribution in [2.45, 2.75) is 18.9 Å². The molecule has 5 nitrogen and oxygen atoms in total. The number of hydrogen-bond acceptors (Lipinski definition) is 4. The standard InChI is InChI=1S/C14H17NO4S/c1-15(9-14-3-2-8-19-14)20(17,18)11-13-6-4-12(10-16)5-7-13/h2-8,16H,9-11H2,1H3. The molecule has 6 heteroatoms. The molecule has 0 saturated heterocycles. The van der Waals surface area contributed by atoms with Gasteiger partial charge in [-0.3, -0.25) is 0 Å². The second-order valence-corrected chi connectivity index (χ2v) is 6.64. The largest absolute Gasteiger partial charge is 0.468 e. The molecule has 0 fully saturated rings. The van der Waals surface area contributed by atoms with Crippen LogP contribution < -0.4 is 0 Å². The van der Waals surface area contributed by atoms with Gasteiger partial charge in [-0.05, 0) is 23.3 Å². The van der Waals surface area contributed by atoms with Crippen molar-refractivity contribution in [2.24, 2.45) is 0 Å². The second-order valence-electron chi connectivity index (χ2n) is 4.57. The van der Waals surface area contributed by atoms with Gasteiger partial charge in [0, 0.05) is 7.05 Å². The summed E-state index contributed by atoms with van der Waals surface area (Å²) in [6.07, 6.45) is 1.52. The highest BCUT2D eigenvalue weighted by Crippen LogP contribution is 2.14. The van der Waals surface area contributed by atoms with Crippen LogP contribution in [-0.2, 0) is 28.9 Å². The van der Waals surface area contributed by atoms with Gasteiger partial charge in [0.1, 0.15) is 5.76 Å². The van der Waals surface area contributed by atoms with Crippen LogP contribution in [-0.4, -0.2) is 24.9 Å². The minimum Gasteiger partial charge on any atom is -0.468 e. The van der Waals surface area contributed by atoms with Crippen molar-refractivity contribution in [1.29, 1.82) is 0 Å². The van der Waals surface area contributed by atoms with Crippen molar-refractivity contribution in [3.8, 4) is 0 Å². The Bertz CT molecular complexity index is 632. The van der Waals surface area contributed by atoms with Gasteiger partial charge in [0.15, 0.2) is 0 Å². The first-order valence-corrected chi connectivity index (χ1v) is 7.77. The van der Waals surface area contributed by atoms with E-state index in [1.807, 2.05) is 0 Å². The number of aliphatic hydroxyl groups is 1. The van der Waals surface area contributed by atoms with Gasteiger partial charge in [-0.1, -0.05) is 24.3 Å². The summed E-state index contributed by atoms with van der Waals surface area (Å²) in [7, 11) is -1.87. The lowest BCUT2D eigenvalue weighted by molar-refractivity contribution is 0.282. The molecule has 0 aliphatic rings. The van der Waals surface area contributed by atoms with E-state index >= 15 is 0 Å². The van der Waals surface area contributed by atoms with Crippen molar-refractivity contribution < 1.29 is 17.9 Å². The van der Waals surface area contributed by atoms with E-state index in [9.17, 15) is 8.42 Å². The van der Waals surface area contributed by atoms with E-state index in [0.717, 1.165) is 5.56 Å². The Morgan fingerprint density at radius 2 is 1.80 bits per heavy atom. The molecular formula is C14H17NO4S. The van der Waals surface area contributed by atoms with Gasteiger partial charge in [0.2, 0.25) is 10.0 Å². The summed E-state index contributed by atoms with van der Waals surface area (Å²) < 4.78 is 30.8. The molecule has 2 aromatic rings. The second kappa shape index (κ2) is 6.21. The number of benzene rings is 1. The third-order valence-corrected chi connectivity index (χ3v) is 4.77. The van der Waals surface area contributed by atoms with Crippen LogP contribution in [0.15, 0.2) is 47.1 Å². The quantitative estimate of drug-likeness (QED) is 0.881. The normalized spacial score (nSPS) is 11.9. The number of aliphatic hydroxyl groups excluding tert-OH is 1. The summed E-state index contributed by atoms with van der Waals surface area (Å²) in [4.78, 5) is 0. The monoisotopic (exact) mass is 295 g/mol. The highest BCUT2D eigenvalue weighted by atomic mass is 32.2. The smallest absolute Gasteiger partial charge is 0.218 e. The predicted octanol–water partition coefficient (Wildman–Crippen LogP) is 1.73. The molecule has 1 heterocycles. The van der Waals surface area contributed by atoms with E-state index in [1.54, 1.807) is 36.4 Å². The summed E-state index contributed by atoms with van der Waals surface area (Å²) in [6.45, 7) is 0.162. The van der Waals surface area contributed by atoms with Crippen LogP contribution in [0.4, 0.5) is 0 Å². The predicted molar refractivity (Wildman–Crippen MR) is 75.2 cm³/mol. The number of furan rings is 1. The zero-order chi connectivity index (χ0) is 14.6. The Morgan fingerprint density at radius 1 is 1.15 bits per heavy atom. The average Bonchev–Trinajstić information content (AvgIpc) is 2.92. The van der Waals surface area contributed by atoms with Gasteiger partial charge in [0.25, 0.3) is 0 Å². The maximum atomic E-state index is 12.2. The molecule has 0 unspecified atom stereocenters. The highest BCUT2D eigenvalue weighted by molar-refractivity contribution is 7.88. The van der Waals surface area contributed by atoms with E-state index in [-0.39, 0.29) is 18.9 Å². The first kappa shape index (κ1) is 14.8. The Balaban J connectivity index is 2.05. The first-order valence-electron chi connectivity index (χ1n) is 6.16. The average molecular weight is 295 g/mol. The van der Waals surface area contributed by atoms with Gasteiger partial charge < -0.3 is 9.52 Å². The lowest BCUT2D eigenvalue weighted by Gasteiger charge is -2.16. The lowest BCUT2D eigenvalue weighted by atomic mass is 10.2. The summed E-state index contributed by atoms with van der Waals surface area (Å²) >= 11 is 0. The molecule has 0 bridgehead atoms. The Hall–Kier alpha value is -1.63. The fourth-order valence-corrected chi connectivity index (χ4v) is 2.94. The van der Waals surface area contributed by atoms with E-state index < -0.39 is 10.0 Å². The molecule has 1 N–H and O–H groups in total. The molecule has 0 radical (unpaired) electrons. The molecule has 0 aliphatic heterocycles. The third-order valence-electron chi connectivity index (χ3n) is 2.99. The molecule has 20 heavy (non-hydrogen) atoms. The molecule has 0 atom stereocenters. The van der Waals surface area contributed by atoms with Crippen LogP contribution in [0.25, 0.3) is 0 Å². The molecule has 108 valence electrons. The van der Waals surface area contributed by atoms with Crippen LogP contribution in [0.1, 0.15) is 16.9 Å². The summed E-state index contributed by atoms with van der Waals surface area (Å²) in [5.41, 5.74) is 1.45. The van der Waals surface area contributed by atoms with Crippen LogP contribution >= 0.6 is 0 Å². The molecular weight excluding hydrogens is 278 g/mol. The van der Waals surface area contributed by atoms with Crippen LogP contribution in [0, 0.1) is 0 Å². The zero-order valence-electron chi connectivity index (χ0n) is 11.2. The molecule has 0 aliphatic carbocycles. The van der Waals surface area contributed by atoms with Crippen molar-refractivity contribution >= 4 is 10.0 Å². The number of sulfonamides is 1. The van der Waals surface area contributed by atoms with E-state index in [0.29, 0.717) is 11.3 Å². The molecule has 0 saturated carbocycles. The van der Waals surface area contributed by atoms with Crippen LogP contribution in [0.3, 0.4) is 0 Å². The van der Waals surface area contributed by atoms with Crippen molar-refractivity contribution in [3.05, 3.63) is 59.5 Å². The summed E-state index contributed by atoms with van der Waals surface area (Å²) in [5.74, 6) is 0.530. The van der Waals surface area contributed by atoms with Crippen molar-refractivity contribution in [1.82, 2.24) is 4.31 Å². The highest BCUT2D eigenvalue weighted by Gasteiger charge is 2.19. The SMILES string of the molecule is CN(Cc1ccco1)S(=O)(=O)Cc1ccc(CO)cc1.